The Hall–Kier alpha value is -3.09. The van der Waals surface area contributed by atoms with E-state index < -0.39 is 0 Å². The maximum Gasteiger partial charge on any atom is 0.255 e. The highest BCUT2D eigenvalue weighted by Gasteiger charge is 2.35. The Morgan fingerprint density at radius 3 is 3.08 bits per heavy atom. The number of nitrogen functional groups attached to an aromatic ring is 1. The van der Waals surface area contributed by atoms with Crippen molar-refractivity contribution >= 4 is 17.1 Å². The summed E-state index contributed by atoms with van der Waals surface area (Å²) in [6.07, 6.45) is 7.16. The molecule has 7 nitrogen and oxygen atoms in total. The maximum absolute atomic E-state index is 12.8. The van der Waals surface area contributed by atoms with Gasteiger partial charge in [0.05, 0.1) is 29.5 Å². The van der Waals surface area contributed by atoms with E-state index in [1.165, 1.54) is 0 Å². The molecule has 0 radical (unpaired) electrons. The van der Waals surface area contributed by atoms with Gasteiger partial charge in [0.15, 0.2) is 0 Å². The van der Waals surface area contributed by atoms with E-state index in [2.05, 4.69) is 15.4 Å². The van der Waals surface area contributed by atoms with Gasteiger partial charge in [-0.25, -0.2) is 4.52 Å². The summed E-state index contributed by atoms with van der Waals surface area (Å²) in [5.41, 5.74) is 8.22. The molecule has 1 atom stereocenters. The van der Waals surface area contributed by atoms with Gasteiger partial charge in [0.1, 0.15) is 11.4 Å². The molecule has 0 saturated carbocycles. The molecule has 4 rings (SSSR count). The van der Waals surface area contributed by atoms with E-state index in [9.17, 15) is 4.79 Å². The van der Waals surface area contributed by atoms with Gasteiger partial charge in [0, 0.05) is 30.1 Å². The van der Waals surface area contributed by atoms with Crippen LogP contribution in [0.1, 0.15) is 42.2 Å². The third-order valence-electron chi connectivity index (χ3n) is 4.37. The smallest absolute Gasteiger partial charge is 0.255 e. The van der Waals surface area contributed by atoms with Crippen molar-refractivity contribution in [3.8, 4) is 5.75 Å². The van der Waals surface area contributed by atoms with Crippen LogP contribution < -0.4 is 15.8 Å². The fourth-order valence-electron chi connectivity index (χ4n) is 3.25. The number of nitrogens with two attached hydrogens (primary N) is 1. The van der Waals surface area contributed by atoms with Crippen LogP contribution in [-0.4, -0.2) is 26.1 Å². The number of carbonyl (C=O) groups is 1. The molecule has 1 aromatic carbocycles. The van der Waals surface area contributed by atoms with Gasteiger partial charge in [-0.2, -0.15) is 5.10 Å². The van der Waals surface area contributed by atoms with Crippen molar-refractivity contribution in [1.82, 2.24) is 19.9 Å². The van der Waals surface area contributed by atoms with Crippen LogP contribution in [0.2, 0.25) is 0 Å². The number of nitrogens with zero attached hydrogens (tertiary/aromatic N) is 3. The summed E-state index contributed by atoms with van der Waals surface area (Å²) in [5, 5.41) is 7.29. The first-order chi connectivity index (χ1) is 11.9. The number of hydrogen-bond donors (Lipinski definition) is 2. The zero-order valence-corrected chi connectivity index (χ0v) is 14.1. The molecule has 0 aliphatic carbocycles. The molecular formula is C18H19N5O2. The van der Waals surface area contributed by atoms with Crippen LogP contribution in [0.25, 0.3) is 5.52 Å². The lowest BCUT2D eigenvalue weighted by Crippen LogP contribution is -2.41. The van der Waals surface area contributed by atoms with Crippen LogP contribution in [0, 0.1) is 0 Å². The average molecular weight is 337 g/mol. The highest BCUT2D eigenvalue weighted by Crippen LogP contribution is 2.40. The number of ether oxygens (including phenoxy) is 1. The number of amides is 1. The molecule has 0 spiro atoms. The Labute approximate surface area is 144 Å². The van der Waals surface area contributed by atoms with Gasteiger partial charge in [-0.3, -0.25) is 9.78 Å². The second kappa shape index (κ2) is 5.47. The van der Waals surface area contributed by atoms with E-state index in [0.717, 1.165) is 11.3 Å². The number of aromatic nitrogens is 3. The van der Waals surface area contributed by atoms with E-state index in [1.54, 1.807) is 35.4 Å². The minimum absolute atomic E-state index is 0.193. The lowest BCUT2D eigenvalue weighted by molar-refractivity contribution is 0.0620. The highest BCUT2D eigenvalue weighted by molar-refractivity contribution is 6.00. The van der Waals surface area contributed by atoms with Crippen LogP contribution >= 0.6 is 0 Å². The second-order valence-corrected chi connectivity index (χ2v) is 6.85. The molecule has 0 bridgehead atoms. The summed E-state index contributed by atoms with van der Waals surface area (Å²) in [6, 6.07) is 5.31. The van der Waals surface area contributed by atoms with Gasteiger partial charge in [0.25, 0.3) is 5.91 Å². The predicted molar refractivity (Wildman–Crippen MR) is 93.4 cm³/mol. The minimum atomic E-state index is -0.385. The molecule has 0 saturated heterocycles. The number of fused-ring (bicyclic) bond motifs is 2. The molecule has 3 heterocycles. The summed E-state index contributed by atoms with van der Waals surface area (Å²) in [7, 11) is 0. The van der Waals surface area contributed by atoms with Crippen molar-refractivity contribution in [1.29, 1.82) is 0 Å². The summed E-state index contributed by atoms with van der Waals surface area (Å²) in [5.74, 6) is 0.552. The third-order valence-corrected chi connectivity index (χ3v) is 4.37. The van der Waals surface area contributed by atoms with Gasteiger partial charge in [-0.1, -0.05) is 0 Å². The van der Waals surface area contributed by atoms with Crippen LogP contribution in [0.5, 0.6) is 5.75 Å². The summed E-state index contributed by atoms with van der Waals surface area (Å²) < 4.78 is 7.64. The fraction of sp³-hybridized carbons (Fsp3) is 0.278. The normalized spacial score (nSPS) is 18.4. The quantitative estimate of drug-likeness (QED) is 0.700. The molecular weight excluding hydrogens is 318 g/mol. The number of hydrogen-bond acceptors (Lipinski definition) is 5. The predicted octanol–water partition coefficient (Wildman–Crippen LogP) is 2.34. The molecule has 1 amide bonds. The largest absolute Gasteiger partial charge is 0.487 e. The fourth-order valence-corrected chi connectivity index (χ4v) is 3.25. The zero-order valence-electron chi connectivity index (χ0n) is 14.1. The summed E-state index contributed by atoms with van der Waals surface area (Å²) in [6.45, 7) is 4.01. The molecule has 0 fully saturated rings. The third kappa shape index (κ3) is 2.77. The average Bonchev–Trinajstić information content (AvgIpc) is 2.99. The molecule has 1 aliphatic heterocycles. The lowest BCUT2D eigenvalue weighted by atomic mass is 9.89. The molecule has 3 aromatic rings. The number of rotatable bonds is 2. The monoisotopic (exact) mass is 337 g/mol. The van der Waals surface area contributed by atoms with Crippen molar-refractivity contribution < 1.29 is 9.53 Å². The molecule has 128 valence electrons. The SMILES string of the molecule is CC1(C)CC(NC(=O)c2cnn3ccncc23)c2cc(N)ccc2O1. The zero-order chi connectivity index (χ0) is 17.6. The van der Waals surface area contributed by atoms with Crippen molar-refractivity contribution in [2.24, 2.45) is 0 Å². The standard InChI is InChI=1S/C18H19N5O2/c1-18(2)8-14(12-7-11(19)3-4-16(12)25-18)22-17(24)13-9-21-23-6-5-20-10-15(13)23/h3-7,9-10,14H,8,19H2,1-2H3,(H,22,24). The van der Waals surface area contributed by atoms with Gasteiger partial charge < -0.3 is 15.8 Å². The van der Waals surface area contributed by atoms with E-state index in [-0.39, 0.29) is 17.6 Å². The van der Waals surface area contributed by atoms with Gasteiger partial charge >= 0.3 is 0 Å². The van der Waals surface area contributed by atoms with Gasteiger partial charge in [-0.05, 0) is 32.0 Å². The number of carbonyl (C=O) groups excluding carboxylic acids is 1. The Morgan fingerprint density at radius 1 is 1.40 bits per heavy atom. The molecule has 1 aliphatic rings. The first-order valence-corrected chi connectivity index (χ1v) is 8.10. The van der Waals surface area contributed by atoms with Crippen LogP contribution in [0.3, 0.4) is 0 Å². The van der Waals surface area contributed by atoms with Crippen molar-refractivity contribution in [2.45, 2.75) is 31.9 Å². The molecule has 2 aromatic heterocycles. The summed E-state index contributed by atoms with van der Waals surface area (Å²) in [4.78, 5) is 16.9. The Morgan fingerprint density at radius 2 is 2.24 bits per heavy atom. The first kappa shape index (κ1) is 15.4. The molecule has 25 heavy (non-hydrogen) atoms. The second-order valence-electron chi connectivity index (χ2n) is 6.85. The van der Waals surface area contributed by atoms with Crippen molar-refractivity contribution in [3.05, 3.63) is 54.1 Å². The Bertz CT molecular complexity index is 963. The van der Waals surface area contributed by atoms with E-state index in [0.29, 0.717) is 23.2 Å². The number of anilines is 1. The van der Waals surface area contributed by atoms with Crippen LogP contribution in [0.15, 0.2) is 43.0 Å². The molecule has 1 unspecified atom stereocenters. The first-order valence-electron chi connectivity index (χ1n) is 8.10. The van der Waals surface area contributed by atoms with Gasteiger partial charge in [0.2, 0.25) is 0 Å². The number of nitrogens with one attached hydrogen (secondary N) is 1. The van der Waals surface area contributed by atoms with Gasteiger partial charge in [-0.15, -0.1) is 0 Å². The Kier molecular flexibility index (Phi) is 3.38. The van der Waals surface area contributed by atoms with Crippen LogP contribution in [0.4, 0.5) is 5.69 Å². The number of benzene rings is 1. The van der Waals surface area contributed by atoms with E-state index >= 15 is 0 Å². The molecule has 3 N–H and O–H groups in total. The maximum atomic E-state index is 12.8. The van der Waals surface area contributed by atoms with E-state index in [4.69, 9.17) is 10.5 Å². The van der Waals surface area contributed by atoms with Crippen LogP contribution in [-0.2, 0) is 0 Å². The lowest BCUT2D eigenvalue weighted by Gasteiger charge is -2.38. The van der Waals surface area contributed by atoms with Crippen molar-refractivity contribution in [3.63, 3.8) is 0 Å². The molecule has 7 heteroatoms. The topological polar surface area (TPSA) is 94.5 Å². The minimum Gasteiger partial charge on any atom is -0.487 e. The van der Waals surface area contributed by atoms with Crippen molar-refractivity contribution in [2.75, 3.05) is 5.73 Å². The Balaban J connectivity index is 1.68. The summed E-state index contributed by atoms with van der Waals surface area (Å²) >= 11 is 0. The highest BCUT2D eigenvalue weighted by atomic mass is 16.5. The van der Waals surface area contributed by atoms with E-state index in [1.807, 2.05) is 26.0 Å².